The van der Waals surface area contributed by atoms with Gasteiger partial charge in [0.15, 0.2) is 0 Å². The number of benzene rings is 1. The lowest BCUT2D eigenvalue weighted by Gasteiger charge is -2.08. The van der Waals surface area contributed by atoms with Gasteiger partial charge in [-0.3, -0.25) is 9.00 Å². The molecule has 9 heteroatoms. The maximum absolute atomic E-state index is 11.9. The second kappa shape index (κ2) is 7.16. The van der Waals surface area contributed by atoms with E-state index in [0.717, 1.165) is 6.07 Å². The summed E-state index contributed by atoms with van der Waals surface area (Å²) in [4.78, 5) is 11.7. The van der Waals surface area contributed by atoms with Gasteiger partial charge >= 0.3 is 0 Å². The molecule has 0 spiro atoms. The predicted molar refractivity (Wildman–Crippen MR) is 78.7 cm³/mol. The second-order valence-electron chi connectivity index (χ2n) is 3.88. The molecule has 0 aliphatic rings. The van der Waals surface area contributed by atoms with Crippen molar-refractivity contribution in [3.05, 3.63) is 28.8 Å². The summed E-state index contributed by atoms with van der Waals surface area (Å²) in [7, 11) is -4.89. The third kappa shape index (κ3) is 4.86. The molecule has 1 atom stereocenters. The van der Waals surface area contributed by atoms with Crippen molar-refractivity contribution < 1.29 is 17.4 Å². The Balaban J connectivity index is 2.85. The number of nitrogens with two attached hydrogens (primary N) is 1. The van der Waals surface area contributed by atoms with Crippen molar-refractivity contribution in [3.8, 4) is 0 Å². The zero-order valence-corrected chi connectivity index (χ0v) is 13.1. The van der Waals surface area contributed by atoms with E-state index in [1.165, 1.54) is 12.1 Å². The highest BCUT2D eigenvalue weighted by Gasteiger charge is 2.15. The van der Waals surface area contributed by atoms with Crippen LogP contribution in [0.15, 0.2) is 23.1 Å². The summed E-state index contributed by atoms with van der Waals surface area (Å²) >= 11 is 5.85. The lowest BCUT2D eigenvalue weighted by atomic mass is 10.2. The number of carbonyl (C=O) groups excluding carboxylic acids is 1. The van der Waals surface area contributed by atoms with Gasteiger partial charge in [0, 0.05) is 28.9 Å². The first-order valence-electron chi connectivity index (χ1n) is 5.71. The van der Waals surface area contributed by atoms with Gasteiger partial charge in [0.05, 0.1) is 15.5 Å². The molecule has 0 saturated heterocycles. The number of amides is 1. The highest BCUT2D eigenvalue weighted by atomic mass is 35.5. The first kappa shape index (κ1) is 17.1. The predicted octanol–water partition coefficient (Wildman–Crippen LogP) is 0.486. The molecule has 1 rings (SSSR count). The normalized spacial score (nSPS) is 12.9. The van der Waals surface area contributed by atoms with Crippen molar-refractivity contribution in [1.82, 2.24) is 5.32 Å². The summed E-state index contributed by atoms with van der Waals surface area (Å²) in [5, 5.41) is 7.64. The van der Waals surface area contributed by atoms with E-state index in [1.54, 1.807) is 6.92 Å². The number of primary sulfonamides is 1. The fraction of sp³-hybridized carbons (Fsp3) is 0.364. The van der Waals surface area contributed by atoms with Crippen molar-refractivity contribution in [2.75, 3.05) is 18.1 Å². The van der Waals surface area contributed by atoms with Gasteiger partial charge in [0.2, 0.25) is 10.0 Å². The smallest absolute Gasteiger partial charge is 0.252 e. The van der Waals surface area contributed by atoms with E-state index in [-0.39, 0.29) is 22.0 Å². The van der Waals surface area contributed by atoms with Crippen LogP contribution in [0.25, 0.3) is 0 Å². The van der Waals surface area contributed by atoms with E-state index in [1.807, 2.05) is 0 Å². The van der Waals surface area contributed by atoms with Crippen LogP contribution in [0, 0.1) is 0 Å². The molecule has 0 bridgehead atoms. The van der Waals surface area contributed by atoms with Crippen molar-refractivity contribution >= 4 is 38.3 Å². The zero-order valence-electron chi connectivity index (χ0n) is 10.8. The van der Waals surface area contributed by atoms with Crippen LogP contribution >= 0.6 is 11.6 Å². The molecule has 0 heterocycles. The minimum atomic E-state index is -3.90. The van der Waals surface area contributed by atoms with Gasteiger partial charge in [-0.15, -0.1) is 0 Å². The number of hydrogen-bond acceptors (Lipinski definition) is 4. The number of hydrogen-bond donors (Lipinski definition) is 2. The number of rotatable bonds is 6. The van der Waals surface area contributed by atoms with Crippen LogP contribution in [-0.4, -0.2) is 36.6 Å². The van der Waals surface area contributed by atoms with Gasteiger partial charge in [0.1, 0.15) is 0 Å². The molecule has 1 aromatic rings. The number of carbonyl (C=O) groups is 1. The number of nitrogens with one attached hydrogen (secondary N) is 1. The van der Waals surface area contributed by atoms with Crippen LogP contribution in [0.3, 0.4) is 0 Å². The Morgan fingerprint density at radius 2 is 2.10 bits per heavy atom. The average molecular weight is 339 g/mol. The zero-order chi connectivity index (χ0) is 15.3. The molecule has 0 fully saturated rings. The van der Waals surface area contributed by atoms with E-state index in [4.69, 9.17) is 16.7 Å². The monoisotopic (exact) mass is 338 g/mol. The Bertz CT molecular complexity index is 631. The Kier molecular flexibility index (Phi) is 6.12. The van der Waals surface area contributed by atoms with Crippen LogP contribution in [0.4, 0.5) is 0 Å². The van der Waals surface area contributed by atoms with Gasteiger partial charge in [-0.2, -0.15) is 0 Å². The molecule has 0 aromatic heterocycles. The molecule has 0 saturated carbocycles. The van der Waals surface area contributed by atoms with Crippen molar-refractivity contribution in [3.63, 3.8) is 0 Å². The Labute approximate surface area is 125 Å². The van der Waals surface area contributed by atoms with Gasteiger partial charge < -0.3 is 5.32 Å². The van der Waals surface area contributed by atoms with Crippen LogP contribution in [0.1, 0.15) is 17.3 Å². The Hall–Kier alpha value is -0.960. The fourth-order valence-corrected chi connectivity index (χ4v) is 2.73. The molecular formula is C11H15ClN2O4S2. The topological polar surface area (TPSA) is 106 Å². The highest BCUT2D eigenvalue weighted by molar-refractivity contribution is 7.89. The van der Waals surface area contributed by atoms with Gasteiger partial charge in [0.25, 0.3) is 5.91 Å². The lowest BCUT2D eigenvalue weighted by Crippen LogP contribution is -2.28. The molecule has 6 nitrogen and oxygen atoms in total. The number of halogens is 1. The molecule has 1 amide bonds. The van der Waals surface area contributed by atoms with E-state index in [9.17, 15) is 17.4 Å². The number of sulfonamides is 1. The molecule has 20 heavy (non-hydrogen) atoms. The van der Waals surface area contributed by atoms with Crippen molar-refractivity contribution in [2.24, 2.45) is 5.14 Å². The fourth-order valence-electron chi connectivity index (χ4n) is 1.37. The Morgan fingerprint density at radius 3 is 2.65 bits per heavy atom. The van der Waals surface area contributed by atoms with Crippen molar-refractivity contribution in [1.29, 1.82) is 0 Å². The van der Waals surface area contributed by atoms with Crippen LogP contribution < -0.4 is 10.5 Å². The summed E-state index contributed by atoms with van der Waals surface area (Å²) < 4.78 is 33.7. The molecule has 3 N–H and O–H groups in total. The third-order valence-electron chi connectivity index (χ3n) is 2.45. The minimum absolute atomic E-state index is 0.0143. The third-order valence-corrected chi connectivity index (χ3v) is 4.99. The average Bonchev–Trinajstić information content (AvgIpc) is 2.37. The lowest BCUT2D eigenvalue weighted by molar-refractivity contribution is 0.0956. The summed E-state index contributed by atoms with van der Waals surface area (Å²) in [5.74, 6) is 0.306. The molecule has 1 aromatic carbocycles. The summed E-state index contributed by atoms with van der Waals surface area (Å²) in [6.45, 7) is 2.00. The van der Waals surface area contributed by atoms with Crippen LogP contribution in [0.2, 0.25) is 5.02 Å². The standard InChI is InChI=1S/C11H15ClN2O4S2/c1-2-19(16)6-5-14-11(15)9-7-8(20(13,17)18)3-4-10(9)12/h3-4,7H,2,5-6H2,1H3,(H,14,15)(H2,13,17,18). The van der Waals surface area contributed by atoms with Crippen molar-refractivity contribution in [2.45, 2.75) is 11.8 Å². The van der Waals surface area contributed by atoms with Gasteiger partial charge in [-0.05, 0) is 18.2 Å². The first-order chi connectivity index (χ1) is 9.25. The minimum Gasteiger partial charge on any atom is -0.351 e. The molecule has 1 unspecified atom stereocenters. The van der Waals surface area contributed by atoms with Gasteiger partial charge in [-0.1, -0.05) is 18.5 Å². The molecule has 0 radical (unpaired) electrons. The van der Waals surface area contributed by atoms with E-state index in [2.05, 4.69) is 5.32 Å². The largest absolute Gasteiger partial charge is 0.351 e. The maximum atomic E-state index is 11.9. The SMILES string of the molecule is CCS(=O)CCNC(=O)c1cc(S(N)(=O)=O)ccc1Cl. The van der Waals surface area contributed by atoms with Gasteiger partial charge in [-0.25, -0.2) is 13.6 Å². The molecule has 0 aliphatic heterocycles. The summed E-state index contributed by atoms with van der Waals surface area (Å²) in [6.07, 6.45) is 0. The quantitative estimate of drug-likeness (QED) is 0.787. The van der Waals surface area contributed by atoms with E-state index >= 15 is 0 Å². The molecule has 112 valence electrons. The van der Waals surface area contributed by atoms with Crippen LogP contribution in [-0.2, 0) is 20.8 Å². The maximum Gasteiger partial charge on any atom is 0.252 e. The van der Waals surface area contributed by atoms with E-state index < -0.39 is 26.7 Å². The molecular weight excluding hydrogens is 324 g/mol. The summed E-state index contributed by atoms with van der Waals surface area (Å²) in [6, 6.07) is 3.63. The Morgan fingerprint density at radius 1 is 1.45 bits per heavy atom. The van der Waals surface area contributed by atoms with Crippen LogP contribution in [0.5, 0.6) is 0 Å². The first-order valence-corrected chi connectivity index (χ1v) is 9.12. The highest BCUT2D eigenvalue weighted by Crippen LogP contribution is 2.19. The molecule has 0 aliphatic carbocycles. The van der Waals surface area contributed by atoms with E-state index in [0.29, 0.717) is 11.5 Å². The second-order valence-corrected chi connectivity index (χ2v) is 7.71. The summed E-state index contributed by atoms with van der Waals surface area (Å²) in [5.41, 5.74) is 0.0143.